The van der Waals surface area contributed by atoms with Crippen molar-refractivity contribution < 1.29 is 26.4 Å². The van der Waals surface area contributed by atoms with Crippen molar-refractivity contribution >= 4 is 26.0 Å². The molecule has 2 rings (SSSR count). The summed E-state index contributed by atoms with van der Waals surface area (Å²) in [5.41, 5.74) is 0.674. The number of nitrogens with one attached hydrogen (secondary N) is 2. The van der Waals surface area contributed by atoms with Crippen LogP contribution in [0.5, 0.6) is 5.75 Å². The second-order valence-electron chi connectivity index (χ2n) is 6.90. The van der Waals surface area contributed by atoms with E-state index in [9.17, 15) is 21.6 Å². The minimum absolute atomic E-state index is 0.0216. The summed E-state index contributed by atoms with van der Waals surface area (Å²) in [7, 11) is -4.53. The molecule has 0 aliphatic heterocycles. The van der Waals surface area contributed by atoms with Gasteiger partial charge in [-0.05, 0) is 55.8 Å². The van der Waals surface area contributed by atoms with E-state index in [1.165, 1.54) is 45.3 Å². The number of benzene rings is 2. The molecule has 0 bridgehead atoms. The molecule has 0 radical (unpaired) electrons. The van der Waals surface area contributed by atoms with E-state index in [4.69, 9.17) is 4.74 Å². The van der Waals surface area contributed by atoms with Crippen LogP contribution in [0, 0.1) is 0 Å². The van der Waals surface area contributed by atoms with Crippen molar-refractivity contribution in [3.8, 4) is 5.75 Å². The van der Waals surface area contributed by atoms with E-state index in [0.29, 0.717) is 17.9 Å². The summed E-state index contributed by atoms with van der Waals surface area (Å²) < 4.78 is 57.9. The Balaban J connectivity index is 1.96. The molecule has 11 heteroatoms. The van der Waals surface area contributed by atoms with Gasteiger partial charge in [-0.3, -0.25) is 4.79 Å². The Labute approximate surface area is 183 Å². The van der Waals surface area contributed by atoms with Crippen LogP contribution in [0.15, 0.2) is 58.3 Å². The summed E-state index contributed by atoms with van der Waals surface area (Å²) >= 11 is 0. The van der Waals surface area contributed by atoms with Crippen LogP contribution in [-0.2, 0) is 31.4 Å². The number of hydrogen-bond acceptors (Lipinski definition) is 6. The molecule has 2 aromatic rings. The average Bonchev–Trinajstić information content (AvgIpc) is 2.72. The molecule has 9 nitrogen and oxygen atoms in total. The van der Waals surface area contributed by atoms with Crippen molar-refractivity contribution in [3.63, 3.8) is 0 Å². The first kappa shape index (κ1) is 24.8. The number of amides is 1. The van der Waals surface area contributed by atoms with Crippen molar-refractivity contribution in [2.75, 3.05) is 20.7 Å². The van der Waals surface area contributed by atoms with E-state index < -0.39 is 32.0 Å². The number of hydrogen-bond donors (Lipinski definition) is 2. The maximum absolute atomic E-state index is 12.5. The number of rotatable bonds is 10. The van der Waals surface area contributed by atoms with E-state index in [0.717, 1.165) is 4.31 Å². The molecule has 31 heavy (non-hydrogen) atoms. The number of sulfonamides is 2. The highest BCUT2D eigenvalue weighted by molar-refractivity contribution is 7.89. The third kappa shape index (κ3) is 6.50. The standard InChI is InChI=1S/C20H27N3O6S2/c1-5-29-17-8-12-18(13-9-17)30(25,26)22-15(2)20(24)21-14-16-6-10-19(11-7-16)31(27,28)23(3)4/h6-13,15,22H,5,14H2,1-4H3,(H,21,24)/t15-/m0/s1. The molecule has 0 saturated heterocycles. The minimum Gasteiger partial charge on any atom is -0.494 e. The molecule has 0 saturated carbocycles. The average molecular weight is 470 g/mol. The second-order valence-corrected chi connectivity index (χ2v) is 10.8. The molecule has 1 amide bonds. The first-order valence-electron chi connectivity index (χ1n) is 9.51. The first-order chi connectivity index (χ1) is 14.5. The van der Waals surface area contributed by atoms with Crippen molar-refractivity contribution in [1.82, 2.24) is 14.3 Å². The first-order valence-corrected chi connectivity index (χ1v) is 12.4. The fourth-order valence-electron chi connectivity index (χ4n) is 2.57. The summed E-state index contributed by atoms with van der Waals surface area (Å²) in [5.74, 6) is 0.0381. The Hall–Kier alpha value is -2.47. The molecule has 0 spiro atoms. The molecule has 0 aromatic heterocycles. The highest BCUT2D eigenvalue weighted by Crippen LogP contribution is 2.16. The summed E-state index contributed by atoms with van der Waals surface area (Å²) in [5, 5.41) is 2.63. The Kier molecular flexibility index (Phi) is 8.18. The zero-order valence-corrected chi connectivity index (χ0v) is 19.5. The van der Waals surface area contributed by atoms with Crippen molar-refractivity contribution in [2.24, 2.45) is 0 Å². The van der Waals surface area contributed by atoms with Gasteiger partial charge in [-0.25, -0.2) is 21.1 Å². The summed E-state index contributed by atoms with van der Waals surface area (Å²) in [6.07, 6.45) is 0. The topological polar surface area (TPSA) is 122 Å². The predicted octanol–water partition coefficient (Wildman–Crippen LogP) is 1.32. The molecule has 0 aliphatic carbocycles. The van der Waals surface area contributed by atoms with Crippen LogP contribution in [0.4, 0.5) is 0 Å². The Morgan fingerprint density at radius 1 is 0.968 bits per heavy atom. The lowest BCUT2D eigenvalue weighted by atomic mass is 10.2. The van der Waals surface area contributed by atoms with Gasteiger partial charge < -0.3 is 10.1 Å². The van der Waals surface area contributed by atoms with Crippen LogP contribution in [0.1, 0.15) is 19.4 Å². The van der Waals surface area contributed by atoms with Crippen LogP contribution in [-0.4, -0.2) is 53.8 Å². The van der Waals surface area contributed by atoms with Gasteiger partial charge in [0.25, 0.3) is 0 Å². The number of carbonyl (C=O) groups excluding carboxylic acids is 1. The molecule has 0 fully saturated rings. The minimum atomic E-state index is -3.89. The van der Waals surface area contributed by atoms with Gasteiger partial charge in [-0.1, -0.05) is 12.1 Å². The molecular weight excluding hydrogens is 442 g/mol. The zero-order valence-electron chi connectivity index (χ0n) is 17.8. The molecular formula is C20H27N3O6S2. The maximum Gasteiger partial charge on any atom is 0.242 e. The molecule has 1 atom stereocenters. The van der Waals surface area contributed by atoms with E-state index in [2.05, 4.69) is 10.0 Å². The van der Waals surface area contributed by atoms with E-state index >= 15 is 0 Å². The number of carbonyl (C=O) groups is 1. The van der Waals surface area contributed by atoms with Gasteiger partial charge in [0.1, 0.15) is 5.75 Å². The Bertz CT molecular complexity index is 1100. The van der Waals surface area contributed by atoms with Gasteiger partial charge in [0, 0.05) is 20.6 Å². The van der Waals surface area contributed by atoms with Crippen LogP contribution >= 0.6 is 0 Å². The SMILES string of the molecule is CCOc1ccc(S(=O)(=O)N[C@@H](C)C(=O)NCc2ccc(S(=O)(=O)N(C)C)cc2)cc1. The van der Waals surface area contributed by atoms with Gasteiger partial charge in [0.05, 0.1) is 22.4 Å². The highest BCUT2D eigenvalue weighted by atomic mass is 32.2. The van der Waals surface area contributed by atoms with Crippen LogP contribution in [0.3, 0.4) is 0 Å². The summed E-state index contributed by atoms with van der Waals surface area (Å²) in [6.45, 7) is 3.85. The third-order valence-corrected chi connectivity index (χ3v) is 7.72. The lowest BCUT2D eigenvalue weighted by molar-refractivity contribution is -0.122. The van der Waals surface area contributed by atoms with Gasteiger partial charge in [0.2, 0.25) is 26.0 Å². The van der Waals surface area contributed by atoms with Crippen molar-refractivity contribution in [1.29, 1.82) is 0 Å². The fourth-order valence-corrected chi connectivity index (χ4v) is 4.67. The maximum atomic E-state index is 12.5. The molecule has 0 heterocycles. The van der Waals surface area contributed by atoms with Gasteiger partial charge >= 0.3 is 0 Å². The molecule has 0 aliphatic rings. The quantitative estimate of drug-likeness (QED) is 0.541. The zero-order chi connectivity index (χ0) is 23.2. The second kappa shape index (κ2) is 10.2. The van der Waals surface area contributed by atoms with Crippen molar-refractivity contribution in [2.45, 2.75) is 36.2 Å². The van der Waals surface area contributed by atoms with E-state index in [1.807, 2.05) is 6.92 Å². The number of ether oxygens (including phenoxy) is 1. The Morgan fingerprint density at radius 3 is 2.03 bits per heavy atom. The largest absolute Gasteiger partial charge is 0.494 e. The lowest BCUT2D eigenvalue weighted by Crippen LogP contribution is -2.44. The molecule has 170 valence electrons. The molecule has 2 N–H and O–H groups in total. The van der Waals surface area contributed by atoms with Gasteiger partial charge in [-0.2, -0.15) is 4.72 Å². The van der Waals surface area contributed by atoms with E-state index in [-0.39, 0.29) is 16.3 Å². The molecule has 0 unspecified atom stereocenters. The normalized spacial score (nSPS) is 13.1. The lowest BCUT2D eigenvalue weighted by Gasteiger charge is -2.15. The fraction of sp³-hybridized carbons (Fsp3) is 0.350. The predicted molar refractivity (Wildman–Crippen MR) is 117 cm³/mol. The van der Waals surface area contributed by atoms with Gasteiger partial charge in [-0.15, -0.1) is 0 Å². The smallest absolute Gasteiger partial charge is 0.242 e. The van der Waals surface area contributed by atoms with Crippen LogP contribution in [0.2, 0.25) is 0 Å². The van der Waals surface area contributed by atoms with Crippen LogP contribution in [0.25, 0.3) is 0 Å². The number of nitrogens with zero attached hydrogens (tertiary/aromatic N) is 1. The summed E-state index contributed by atoms with van der Waals surface area (Å²) in [6, 6.07) is 11.0. The third-order valence-electron chi connectivity index (χ3n) is 4.34. The van der Waals surface area contributed by atoms with Crippen molar-refractivity contribution in [3.05, 3.63) is 54.1 Å². The Morgan fingerprint density at radius 2 is 1.52 bits per heavy atom. The molecule has 2 aromatic carbocycles. The van der Waals surface area contributed by atoms with Crippen LogP contribution < -0.4 is 14.8 Å². The van der Waals surface area contributed by atoms with E-state index in [1.54, 1.807) is 24.3 Å². The monoisotopic (exact) mass is 469 g/mol. The highest BCUT2D eigenvalue weighted by Gasteiger charge is 2.22. The van der Waals surface area contributed by atoms with Gasteiger partial charge in [0.15, 0.2) is 0 Å². The summed E-state index contributed by atoms with van der Waals surface area (Å²) in [4.78, 5) is 12.5.